The third-order valence-corrected chi connectivity index (χ3v) is 5.08. The monoisotopic (exact) mass is 387 g/mol. The summed E-state index contributed by atoms with van der Waals surface area (Å²) in [4.78, 5) is 21.3. The highest BCUT2D eigenvalue weighted by Crippen LogP contribution is 2.29. The summed E-state index contributed by atoms with van der Waals surface area (Å²) >= 11 is 0. The Morgan fingerprint density at radius 3 is 2.43 bits per heavy atom. The van der Waals surface area contributed by atoms with Crippen molar-refractivity contribution in [2.45, 2.75) is 13.5 Å². The molecule has 1 aromatic carbocycles. The van der Waals surface area contributed by atoms with Gasteiger partial charge in [0.2, 0.25) is 5.91 Å². The number of benzene rings is 1. The van der Waals surface area contributed by atoms with Crippen molar-refractivity contribution in [3.05, 3.63) is 36.4 Å². The smallest absolute Gasteiger partial charge is 0.238 e. The van der Waals surface area contributed by atoms with E-state index in [-0.39, 0.29) is 5.91 Å². The van der Waals surface area contributed by atoms with Crippen LogP contribution < -0.4 is 14.8 Å². The first-order chi connectivity index (χ1) is 13.6. The predicted molar refractivity (Wildman–Crippen MR) is 108 cm³/mol. The van der Waals surface area contributed by atoms with Crippen LogP contribution in [0.25, 0.3) is 0 Å². The third-order valence-electron chi connectivity index (χ3n) is 5.08. The van der Waals surface area contributed by atoms with Gasteiger partial charge < -0.3 is 19.4 Å². The van der Waals surface area contributed by atoms with E-state index in [1.54, 1.807) is 26.4 Å². The molecule has 152 valence electrons. The van der Waals surface area contributed by atoms with Crippen LogP contribution in [0.5, 0.6) is 11.5 Å². The third kappa shape index (κ3) is 5.24. The van der Waals surface area contributed by atoms with Crippen LogP contribution >= 0.6 is 0 Å². The molecule has 8 nitrogen and oxygen atoms in total. The number of aryl methyl sites for hydroxylation is 1. The van der Waals surface area contributed by atoms with Gasteiger partial charge in [0.15, 0.2) is 11.5 Å². The first-order valence-electron chi connectivity index (χ1n) is 9.53. The molecule has 0 unspecified atom stereocenters. The number of rotatable bonds is 8. The van der Waals surface area contributed by atoms with Crippen molar-refractivity contribution < 1.29 is 14.3 Å². The van der Waals surface area contributed by atoms with Gasteiger partial charge >= 0.3 is 0 Å². The maximum Gasteiger partial charge on any atom is 0.238 e. The molecule has 0 bridgehead atoms. The van der Waals surface area contributed by atoms with Gasteiger partial charge in [0.05, 0.1) is 20.8 Å². The summed E-state index contributed by atoms with van der Waals surface area (Å²) in [5, 5.41) is 2.94. The Morgan fingerprint density at radius 1 is 1.07 bits per heavy atom. The van der Waals surface area contributed by atoms with Gasteiger partial charge in [-0.05, 0) is 19.1 Å². The summed E-state index contributed by atoms with van der Waals surface area (Å²) in [6.07, 6.45) is 3.86. The van der Waals surface area contributed by atoms with E-state index in [2.05, 4.69) is 24.7 Å². The topological polar surface area (TPSA) is 71.9 Å². The van der Waals surface area contributed by atoms with Crippen molar-refractivity contribution in [2.75, 3.05) is 58.8 Å². The average molecular weight is 387 g/mol. The maximum absolute atomic E-state index is 12.4. The summed E-state index contributed by atoms with van der Waals surface area (Å²) in [7, 11) is 3.17. The van der Waals surface area contributed by atoms with E-state index in [0.717, 1.165) is 45.1 Å². The molecule has 1 fully saturated rings. The van der Waals surface area contributed by atoms with Crippen LogP contribution in [0.15, 0.2) is 30.6 Å². The number of anilines is 1. The van der Waals surface area contributed by atoms with E-state index in [1.807, 2.05) is 25.4 Å². The van der Waals surface area contributed by atoms with Crippen molar-refractivity contribution in [2.24, 2.45) is 0 Å². The number of carbonyl (C=O) groups excluding carboxylic acids is 1. The second-order valence-corrected chi connectivity index (χ2v) is 6.90. The molecule has 0 spiro atoms. The average Bonchev–Trinajstić information content (AvgIpc) is 3.12. The lowest BCUT2D eigenvalue weighted by atomic mass is 10.2. The number of hydrogen-bond acceptors (Lipinski definition) is 6. The molecule has 1 aromatic heterocycles. The number of piperazine rings is 1. The molecular formula is C20H29N5O3. The summed E-state index contributed by atoms with van der Waals surface area (Å²) in [6, 6.07) is 5.37. The normalized spacial score (nSPS) is 15.4. The van der Waals surface area contributed by atoms with Crippen molar-refractivity contribution in [3.8, 4) is 11.5 Å². The van der Waals surface area contributed by atoms with E-state index in [9.17, 15) is 4.79 Å². The molecule has 28 heavy (non-hydrogen) atoms. The Kier molecular flexibility index (Phi) is 6.89. The van der Waals surface area contributed by atoms with Crippen molar-refractivity contribution in [1.82, 2.24) is 19.4 Å². The van der Waals surface area contributed by atoms with Gasteiger partial charge in [-0.25, -0.2) is 4.98 Å². The fourth-order valence-corrected chi connectivity index (χ4v) is 3.38. The van der Waals surface area contributed by atoms with E-state index < -0.39 is 0 Å². The van der Waals surface area contributed by atoms with E-state index in [0.29, 0.717) is 23.7 Å². The van der Waals surface area contributed by atoms with Crippen molar-refractivity contribution in [3.63, 3.8) is 0 Å². The molecule has 1 amide bonds. The number of ether oxygens (including phenoxy) is 2. The zero-order valence-corrected chi connectivity index (χ0v) is 16.9. The zero-order valence-electron chi connectivity index (χ0n) is 16.9. The fourth-order valence-electron chi connectivity index (χ4n) is 3.38. The quantitative estimate of drug-likeness (QED) is 0.740. The molecule has 1 saturated heterocycles. The van der Waals surface area contributed by atoms with Gasteiger partial charge in [0.25, 0.3) is 0 Å². The number of carbonyl (C=O) groups is 1. The number of nitrogens with zero attached hydrogens (tertiary/aromatic N) is 4. The number of methoxy groups -OCH3 is 2. The number of hydrogen-bond donors (Lipinski definition) is 1. The minimum absolute atomic E-state index is 0.0188. The molecule has 8 heteroatoms. The number of imidazole rings is 1. The Bertz CT molecular complexity index is 784. The highest BCUT2D eigenvalue weighted by molar-refractivity contribution is 5.92. The van der Waals surface area contributed by atoms with Gasteiger partial charge in [-0.3, -0.25) is 14.6 Å². The summed E-state index contributed by atoms with van der Waals surface area (Å²) in [5.41, 5.74) is 0.706. The van der Waals surface area contributed by atoms with Gasteiger partial charge in [0.1, 0.15) is 5.82 Å². The van der Waals surface area contributed by atoms with Gasteiger partial charge in [0, 0.05) is 63.4 Å². The Balaban J connectivity index is 1.42. The molecule has 2 aromatic rings. The molecule has 0 atom stereocenters. The van der Waals surface area contributed by atoms with Crippen LogP contribution in [-0.2, 0) is 11.3 Å². The van der Waals surface area contributed by atoms with Crippen LogP contribution in [-0.4, -0.2) is 78.7 Å². The van der Waals surface area contributed by atoms with Crippen LogP contribution in [0.2, 0.25) is 0 Å². The molecule has 1 aliphatic rings. The SMILES string of the molecule is COc1ccc(NC(=O)CN2CCN(CCn3ccnc3C)CC2)cc1OC. The van der Waals surface area contributed by atoms with Crippen LogP contribution in [0.4, 0.5) is 5.69 Å². The lowest BCUT2D eigenvalue weighted by molar-refractivity contribution is -0.117. The molecule has 2 heterocycles. The first kappa shape index (κ1) is 20.2. The molecule has 0 saturated carbocycles. The van der Waals surface area contributed by atoms with Crippen molar-refractivity contribution >= 4 is 11.6 Å². The van der Waals surface area contributed by atoms with Crippen LogP contribution in [0, 0.1) is 6.92 Å². The number of aromatic nitrogens is 2. The highest BCUT2D eigenvalue weighted by Gasteiger charge is 2.19. The Hall–Kier alpha value is -2.58. The second-order valence-electron chi connectivity index (χ2n) is 6.90. The predicted octanol–water partition coefficient (Wildman–Crippen LogP) is 1.47. The lowest BCUT2D eigenvalue weighted by Gasteiger charge is -2.34. The summed E-state index contributed by atoms with van der Waals surface area (Å²) in [6.45, 7) is 8.09. The summed E-state index contributed by atoms with van der Waals surface area (Å²) in [5.74, 6) is 2.27. The molecule has 0 aliphatic carbocycles. The number of nitrogens with one attached hydrogen (secondary N) is 1. The van der Waals surface area contributed by atoms with E-state index >= 15 is 0 Å². The maximum atomic E-state index is 12.4. The van der Waals surface area contributed by atoms with Gasteiger partial charge in [-0.1, -0.05) is 0 Å². The zero-order chi connectivity index (χ0) is 19.9. The minimum Gasteiger partial charge on any atom is -0.493 e. The van der Waals surface area contributed by atoms with E-state index in [4.69, 9.17) is 9.47 Å². The van der Waals surface area contributed by atoms with Gasteiger partial charge in [-0.2, -0.15) is 0 Å². The minimum atomic E-state index is -0.0188. The van der Waals surface area contributed by atoms with Gasteiger partial charge in [-0.15, -0.1) is 0 Å². The molecule has 1 N–H and O–H groups in total. The molecule has 3 rings (SSSR count). The molecule has 1 aliphatic heterocycles. The second kappa shape index (κ2) is 9.57. The Labute approximate surface area is 166 Å². The fraction of sp³-hybridized carbons (Fsp3) is 0.500. The summed E-state index contributed by atoms with van der Waals surface area (Å²) < 4.78 is 12.7. The van der Waals surface area contributed by atoms with Crippen molar-refractivity contribution in [1.29, 1.82) is 0 Å². The van der Waals surface area contributed by atoms with Crippen LogP contribution in [0.3, 0.4) is 0 Å². The highest BCUT2D eigenvalue weighted by atomic mass is 16.5. The van der Waals surface area contributed by atoms with E-state index in [1.165, 1.54) is 0 Å². The Morgan fingerprint density at radius 2 is 1.79 bits per heavy atom. The van der Waals surface area contributed by atoms with Crippen LogP contribution in [0.1, 0.15) is 5.82 Å². The molecule has 0 radical (unpaired) electrons. The first-order valence-corrected chi connectivity index (χ1v) is 9.53. The molecular weight excluding hydrogens is 358 g/mol. The lowest BCUT2D eigenvalue weighted by Crippen LogP contribution is -2.49. The number of amides is 1. The largest absolute Gasteiger partial charge is 0.493 e. The standard InChI is InChI=1S/C20H29N5O3/c1-16-21-6-7-25(16)13-12-23-8-10-24(11-9-23)15-20(26)22-17-4-5-18(27-2)19(14-17)28-3/h4-7,14H,8-13,15H2,1-3H3,(H,22,26).